The number of halogens is 2. The highest BCUT2D eigenvalue weighted by Crippen LogP contribution is 2.32. The third-order valence-corrected chi connectivity index (χ3v) is 7.23. The molecule has 0 saturated heterocycles. The van der Waals surface area contributed by atoms with E-state index in [1.807, 2.05) is 0 Å². The Bertz CT molecular complexity index is 1370. The zero-order chi connectivity index (χ0) is 22.2. The van der Waals surface area contributed by atoms with Crippen molar-refractivity contribution < 1.29 is 18.3 Å². The Balaban J connectivity index is 1.93. The molecule has 156 valence electrons. The molecule has 4 rings (SSSR count). The molecule has 0 bridgehead atoms. The molecule has 0 spiro atoms. The highest BCUT2D eigenvalue weighted by atomic mass is 79.9. The van der Waals surface area contributed by atoms with Crippen molar-refractivity contribution in [3.8, 4) is 16.9 Å². The summed E-state index contributed by atoms with van der Waals surface area (Å²) < 4.78 is 29.7. The molecule has 1 N–H and O–H groups in total. The van der Waals surface area contributed by atoms with E-state index in [-0.39, 0.29) is 21.2 Å². The van der Waals surface area contributed by atoms with Crippen molar-refractivity contribution in [2.75, 3.05) is 0 Å². The molecule has 0 aliphatic heterocycles. The van der Waals surface area contributed by atoms with Gasteiger partial charge in [-0.1, -0.05) is 49.2 Å². The van der Waals surface area contributed by atoms with Crippen LogP contribution in [-0.2, 0) is 9.84 Å². The summed E-state index contributed by atoms with van der Waals surface area (Å²) in [6.07, 6.45) is 0. The SMILES string of the molecule is O=C(O)c1ccc(-n2nnc(S(=O)(=O)c3ccc(Br)cc3)c2-c2ccc(Br)cc2)cc1. The quantitative estimate of drug-likeness (QED) is 0.367. The minimum Gasteiger partial charge on any atom is -0.478 e. The van der Waals surface area contributed by atoms with Crippen LogP contribution in [0.4, 0.5) is 0 Å². The predicted octanol–water partition coefficient (Wildman–Crippen LogP) is 4.99. The lowest BCUT2D eigenvalue weighted by atomic mass is 10.1. The zero-order valence-corrected chi connectivity index (χ0v) is 19.6. The van der Waals surface area contributed by atoms with Crippen LogP contribution < -0.4 is 0 Å². The number of nitrogens with zero attached hydrogens (tertiary/aromatic N) is 3. The molecule has 31 heavy (non-hydrogen) atoms. The highest BCUT2D eigenvalue weighted by Gasteiger charge is 2.29. The molecular weight excluding hydrogens is 550 g/mol. The number of hydrogen-bond donors (Lipinski definition) is 1. The van der Waals surface area contributed by atoms with Crippen molar-refractivity contribution in [3.63, 3.8) is 0 Å². The number of aromatic carboxylic acids is 1. The van der Waals surface area contributed by atoms with E-state index in [1.165, 1.54) is 28.9 Å². The van der Waals surface area contributed by atoms with Crippen molar-refractivity contribution in [2.45, 2.75) is 9.92 Å². The number of carbonyl (C=O) groups is 1. The van der Waals surface area contributed by atoms with Gasteiger partial charge < -0.3 is 5.11 Å². The van der Waals surface area contributed by atoms with Crippen LogP contribution in [0.5, 0.6) is 0 Å². The van der Waals surface area contributed by atoms with Gasteiger partial charge in [-0.3, -0.25) is 0 Å². The van der Waals surface area contributed by atoms with Gasteiger partial charge in [0.05, 0.1) is 16.1 Å². The van der Waals surface area contributed by atoms with Crippen molar-refractivity contribution >= 4 is 47.7 Å². The van der Waals surface area contributed by atoms with Gasteiger partial charge in [-0.05, 0) is 60.7 Å². The first-order chi connectivity index (χ1) is 14.8. The van der Waals surface area contributed by atoms with Gasteiger partial charge >= 0.3 is 5.97 Å². The number of benzene rings is 3. The number of carboxylic acids is 1. The predicted molar refractivity (Wildman–Crippen MR) is 121 cm³/mol. The van der Waals surface area contributed by atoms with Gasteiger partial charge in [-0.15, -0.1) is 5.10 Å². The van der Waals surface area contributed by atoms with E-state index >= 15 is 0 Å². The first-order valence-electron chi connectivity index (χ1n) is 8.83. The second-order valence-electron chi connectivity index (χ2n) is 6.47. The van der Waals surface area contributed by atoms with Crippen LogP contribution in [0.1, 0.15) is 10.4 Å². The topological polar surface area (TPSA) is 102 Å². The van der Waals surface area contributed by atoms with E-state index in [9.17, 15) is 13.2 Å². The molecule has 0 radical (unpaired) electrons. The van der Waals surface area contributed by atoms with Crippen molar-refractivity contribution in [1.82, 2.24) is 15.0 Å². The van der Waals surface area contributed by atoms with E-state index < -0.39 is 15.8 Å². The van der Waals surface area contributed by atoms with E-state index in [0.29, 0.717) is 11.3 Å². The molecule has 0 atom stereocenters. The molecule has 10 heteroatoms. The molecule has 0 saturated carbocycles. The number of rotatable bonds is 5. The second kappa shape index (κ2) is 8.37. The number of carboxylic acid groups (broad SMARTS) is 1. The van der Waals surface area contributed by atoms with Gasteiger partial charge in [-0.2, -0.15) is 0 Å². The van der Waals surface area contributed by atoms with Crippen molar-refractivity contribution in [2.24, 2.45) is 0 Å². The van der Waals surface area contributed by atoms with Crippen LogP contribution in [0.25, 0.3) is 16.9 Å². The molecule has 3 aromatic carbocycles. The van der Waals surface area contributed by atoms with Crippen molar-refractivity contribution in [1.29, 1.82) is 0 Å². The maximum Gasteiger partial charge on any atom is 0.335 e. The smallest absolute Gasteiger partial charge is 0.335 e. The van der Waals surface area contributed by atoms with Crippen molar-refractivity contribution in [3.05, 3.63) is 87.3 Å². The Kier molecular flexibility index (Phi) is 5.78. The summed E-state index contributed by atoms with van der Waals surface area (Å²) in [5.74, 6) is -1.06. The number of aromatic nitrogens is 3. The monoisotopic (exact) mass is 561 g/mol. The lowest BCUT2D eigenvalue weighted by Gasteiger charge is -2.10. The van der Waals surface area contributed by atoms with Crippen LogP contribution in [0.15, 0.2) is 91.7 Å². The number of hydrogen-bond acceptors (Lipinski definition) is 5. The third-order valence-electron chi connectivity index (χ3n) is 4.49. The van der Waals surface area contributed by atoms with Gasteiger partial charge in [0.25, 0.3) is 0 Å². The third kappa shape index (κ3) is 4.18. The van der Waals surface area contributed by atoms with Gasteiger partial charge in [0, 0.05) is 14.5 Å². The molecule has 0 amide bonds. The summed E-state index contributed by atoms with van der Waals surface area (Å²) in [4.78, 5) is 11.2. The van der Waals surface area contributed by atoms with Gasteiger partial charge in [0.2, 0.25) is 14.9 Å². The number of sulfone groups is 1. The maximum absolute atomic E-state index is 13.4. The molecule has 0 aliphatic carbocycles. The highest BCUT2D eigenvalue weighted by molar-refractivity contribution is 9.10. The van der Waals surface area contributed by atoms with Gasteiger partial charge in [0.15, 0.2) is 0 Å². The minimum absolute atomic E-state index is 0.0855. The molecule has 4 aromatic rings. The fourth-order valence-electron chi connectivity index (χ4n) is 2.95. The first-order valence-corrected chi connectivity index (χ1v) is 11.9. The molecule has 1 heterocycles. The molecule has 7 nitrogen and oxygen atoms in total. The van der Waals surface area contributed by atoms with E-state index in [4.69, 9.17) is 5.11 Å². The molecule has 0 unspecified atom stereocenters. The second-order valence-corrected chi connectivity index (χ2v) is 10.2. The lowest BCUT2D eigenvalue weighted by Crippen LogP contribution is -2.06. The van der Waals surface area contributed by atoms with Gasteiger partial charge in [0.1, 0.15) is 5.69 Å². The summed E-state index contributed by atoms with van der Waals surface area (Å²) >= 11 is 6.68. The molecule has 0 fully saturated rings. The van der Waals surface area contributed by atoms with Crippen LogP contribution >= 0.6 is 31.9 Å². The standard InChI is InChI=1S/C21H13Br2N3O4S/c22-15-5-1-13(2-6-15)19-20(31(29,30)18-11-7-16(23)8-12-18)24-25-26(19)17-9-3-14(4-10-17)21(27)28/h1-12H,(H,27,28). The summed E-state index contributed by atoms with van der Waals surface area (Å²) in [7, 11) is -3.97. The Morgan fingerprint density at radius 3 is 1.94 bits per heavy atom. The van der Waals surface area contributed by atoms with E-state index in [0.717, 1.165) is 8.95 Å². The van der Waals surface area contributed by atoms with Crippen LogP contribution in [0.3, 0.4) is 0 Å². The Hall–Kier alpha value is -2.82. The van der Waals surface area contributed by atoms with Crippen LogP contribution in [0, 0.1) is 0 Å². The average molecular weight is 563 g/mol. The molecule has 1 aromatic heterocycles. The Morgan fingerprint density at radius 1 is 0.839 bits per heavy atom. The van der Waals surface area contributed by atoms with Gasteiger partial charge in [-0.25, -0.2) is 17.9 Å². The Labute approximate surface area is 194 Å². The lowest BCUT2D eigenvalue weighted by molar-refractivity contribution is 0.0697. The normalized spacial score (nSPS) is 11.4. The summed E-state index contributed by atoms with van der Waals surface area (Å²) in [6, 6.07) is 19.3. The average Bonchev–Trinajstić information content (AvgIpc) is 3.21. The van der Waals surface area contributed by atoms with E-state index in [1.54, 1.807) is 48.5 Å². The van der Waals surface area contributed by atoms with E-state index in [2.05, 4.69) is 42.2 Å². The zero-order valence-electron chi connectivity index (χ0n) is 15.6. The van der Waals surface area contributed by atoms with Crippen LogP contribution in [0.2, 0.25) is 0 Å². The fraction of sp³-hybridized carbons (Fsp3) is 0. The summed E-state index contributed by atoms with van der Waals surface area (Å²) in [6.45, 7) is 0. The summed E-state index contributed by atoms with van der Waals surface area (Å²) in [5.41, 5.74) is 1.45. The Morgan fingerprint density at radius 2 is 1.39 bits per heavy atom. The largest absolute Gasteiger partial charge is 0.478 e. The summed E-state index contributed by atoms with van der Waals surface area (Å²) in [5, 5.41) is 17.0. The first kappa shape index (κ1) is 21.4. The van der Waals surface area contributed by atoms with Crippen LogP contribution in [-0.4, -0.2) is 34.5 Å². The minimum atomic E-state index is -3.97. The molecule has 0 aliphatic rings. The maximum atomic E-state index is 13.4. The fourth-order valence-corrected chi connectivity index (χ4v) is 4.80. The molecular formula is C21H13Br2N3O4S.